The van der Waals surface area contributed by atoms with Crippen LogP contribution in [0.5, 0.6) is 5.75 Å². The van der Waals surface area contributed by atoms with Crippen molar-refractivity contribution in [2.24, 2.45) is 0 Å². The molecule has 3 rings (SSSR count). The summed E-state index contributed by atoms with van der Waals surface area (Å²) in [6.07, 6.45) is 1.42. The number of anilines is 1. The molecule has 0 bridgehead atoms. The van der Waals surface area contributed by atoms with Crippen LogP contribution in [-0.2, 0) is 4.79 Å². The molecule has 1 heterocycles. The van der Waals surface area contributed by atoms with E-state index in [0.29, 0.717) is 42.5 Å². The number of hydrogen-bond donors (Lipinski definition) is 1. The first kappa shape index (κ1) is 18.3. The van der Waals surface area contributed by atoms with Gasteiger partial charge in [0, 0.05) is 29.2 Å². The van der Waals surface area contributed by atoms with Crippen molar-refractivity contribution >= 4 is 29.1 Å². The van der Waals surface area contributed by atoms with Crippen molar-refractivity contribution in [1.29, 1.82) is 0 Å². The maximum atomic E-state index is 12.3. The van der Waals surface area contributed by atoms with E-state index in [9.17, 15) is 9.59 Å². The molecule has 0 radical (unpaired) electrons. The minimum absolute atomic E-state index is 0.104. The van der Waals surface area contributed by atoms with E-state index in [1.165, 1.54) is 0 Å². The molecular weight excluding hydrogens is 352 g/mol. The molecule has 0 aromatic heterocycles. The normalized spacial score (nSPS) is 13.8. The first-order valence-corrected chi connectivity index (χ1v) is 9.00. The molecule has 2 aromatic rings. The van der Waals surface area contributed by atoms with E-state index in [4.69, 9.17) is 16.3 Å². The number of aryl methyl sites for hydroxylation is 1. The minimum atomic E-state index is -0.191. The summed E-state index contributed by atoms with van der Waals surface area (Å²) in [7, 11) is 0. The number of nitrogens with zero attached hydrogens (tertiary/aromatic N) is 1. The third-order valence-corrected chi connectivity index (χ3v) is 4.70. The highest BCUT2D eigenvalue weighted by molar-refractivity contribution is 6.31. The number of carbonyl (C=O) groups excluding carboxylic acids is 2. The Balaban J connectivity index is 1.52. The summed E-state index contributed by atoms with van der Waals surface area (Å²) in [5.41, 5.74) is 2.29. The molecule has 6 heteroatoms. The van der Waals surface area contributed by atoms with Crippen molar-refractivity contribution < 1.29 is 14.3 Å². The van der Waals surface area contributed by atoms with Gasteiger partial charge in [0.1, 0.15) is 12.4 Å². The fourth-order valence-corrected chi connectivity index (χ4v) is 3.01. The van der Waals surface area contributed by atoms with Crippen molar-refractivity contribution in [3.05, 3.63) is 58.6 Å². The molecule has 2 amide bonds. The molecule has 0 atom stereocenters. The van der Waals surface area contributed by atoms with Crippen molar-refractivity contribution in [2.75, 3.05) is 24.6 Å². The van der Waals surface area contributed by atoms with Gasteiger partial charge >= 0.3 is 0 Å². The molecule has 0 aliphatic carbocycles. The smallest absolute Gasteiger partial charge is 0.251 e. The Morgan fingerprint density at radius 2 is 2.12 bits per heavy atom. The molecule has 1 fully saturated rings. The molecule has 0 saturated carbocycles. The lowest BCUT2D eigenvalue weighted by molar-refractivity contribution is -0.117. The van der Waals surface area contributed by atoms with Crippen LogP contribution in [0.25, 0.3) is 0 Å². The van der Waals surface area contributed by atoms with Gasteiger partial charge in [0.15, 0.2) is 0 Å². The van der Waals surface area contributed by atoms with Crippen LogP contribution in [0, 0.1) is 6.92 Å². The second kappa shape index (κ2) is 8.23. The maximum absolute atomic E-state index is 12.3. The standard InChI is InChI=1S/C20H21ClN2O3/c1-14-7-8-17(13-18(14)21)26-11-9-22-20(25)15-4-2-5-16(12-15)23-10-3-6-19(23)24/h2,4-5,7-8,12-13H,3,6,9-11H2,1H3,(H,22,25). The number of amides is 2. The summed E-state index contributed by atoms with van der Waals surface area (Å²) in [6, 6.07) is 12.6. The van der Waals surface area contributed by atoms with Crippen molar-refractivity contribution in [3.63, 3.8) is 0 Å². The molecule has 1 N–H and O–H groups in total. The Hall–Kier alpha value is -2.53. The summed E-state index contributed by atoms with van der Waals surface area (Å²) < 4.78 is 5.60. The van der Waals surface area contributed by atoms with E-state index in [2.05, 4.69) is 5.32 Å². The number of halogens is 1. The average molecular weight is 373 g/mol. The fraction of sp³-hybridized carbons (Fsp3) is 0.300. The van der Waals surface area contributed by atoms with E-state index in [1.54, 1.807) is 29.2 Å². The molecule has 0 unspecified atom stereocenters. The third-order valence-electron chi connectivity index (χ3n) is 4.29. The molecule has 1 aliphatic rings. The zero-order valence-corrected chi connectivity index (χ0v) is 15.4. The summed E-state index contributed by atoms with van der Waals surface area (Å²) in [4.78, 5) is 25.9. The van der Waals surface area contributed by atoms with Gasteiger partial charge in [0.25, 0.3) is 5.91 Å². The zero-order valence-electron chi connectivity index (χ0n) is 14.6. The lowest BCUT2D eigenvalue weighted by atomic mass is 10.1. The minimum Gasteiger partial charge on any atom is -0.492 e. The number of benzene rings is 2. The highest BCUT2D eigenvalue weighted by Crippen LogP contribution is 2.23. The van der Waals surface area contributed by atoms with Crippen LogP contribution >= 0.6 is 11.6 Å². The first-order valence-electron chi connectivity index (χ1n) is 8.62. The Kier molecular flexibility index (Phi) is 5.78. The average Bonchev–Trinajstić information content (AvgIpc) is 3.07. The van der Waals surface area contributed by atoms with Crippen LogP contribution in [0.4, 0.5) is 5.69 Å². The Bertz CT molecular complexity index is 822. The topological polar surface area (TPSA) is 58.6 Å². The molecule has 2 aromatic carbocycles. The lowest BCUT2D eigenvalue weighted by Crippen LogP contribution is -2.29. The van der Waals surface area contributed by atoms with Gasteiger partial charge in [-0.3, -0.25) is 9.59 Å². The van der Waals surface area contributed by atoms with Crippen molar-refractivity contribution in [2.45, 2.75) is 19.8 Å². The molecule has 26 heavy (non-hydrogen) atoms. The van der Waals surface area contributed by atoms with E-state index >= 15 is 0 Å². The predicted molar refractivity (Wildman–Crippen MR) is 102 cm³/mol. The lowest BCUT2D eigenvalue weighted by Gasteiger charge is -2.16. The van der Waals surface area contributed by atoms with Crippen LogP contribution < -0.4 is 15.0 Å². The van der Waals surface area contributed by atoms with E-state index in [1.807, 2.05) is 25.1 Å². The predicted octanol–water partition coefficient (Wildman–Crippen LogP) is 3.58. The molecule has 0 spiro atoms. The van der Waals surface area contributed by atoms with Gasteiger partial charge in [0.05, 0.1) is 6.54 Å². The summed E-state index contributed by atoms with van der Waals surface area (Å²) in [5, 5.41) is 3.48. The van der Waals surface area contributed by atoms with Gasteiger partial charge in [0.2, 0.25) is 5.91 Å². The van der Waals surface area contributed by atoms with Crippen LogP contribution in [-0.4, -0.2) is 31.5 Å². The van der Waals surface area contributed by atoms with E-state index in [-0.39, 0.29) is 11.8 Å². The van der Waals surface area contributed by atoms with Crippen LogP contribution in [0.3, 0.4) is 0 Å². The van der Waals surface area contributed by atoms with E-state index < -0.39 is 0 Å². The zero-order chi connectivity index (χ0) is 18.5. The van der Waals surface area contributed by atoms with Crippen LogP contribution in [0.2, 0.25) is 5.02 Å². The van der Waals surface area contributed by atoms with Gasteiger partial charge in [-0.1, -0.05) is 23.7 Å². The van der Waals surface area contributed by atoms with Gasteiger partial charge in [-0.15, -0.1) is 0 Å². The molecule has 1 saturated heterocycles. The third kappa shape index (κ3) is 4.35. The van der Waals surface area contributed by atoms with Crippen molar-refractivity contribution in [3.8, 4) is 5.75 Å². The Labute approximate surface area is 157 Å². The number of rotatable bonds is 6. The summed E-state index contributed by atoms with van der Waals surface area (Å²) >= 11 is 6.06. The molecular formula is C20H21ClN2O3. The first-order chi connectivity index (χ1) is 12.5. The maximum Gasteiger partial charge on any atom is 0.251 e. The van der Waals surface area contributed by atoms with Gasteiger partial charge in [-0.05, 0) is 49.2 Å². The molecule has 5 nitrogen and oxygen atoms in total. The number of ether oxygens (including phenoxy) is 1. The SMILES string of the molecule is Cc1ccc(OCCNC(=O)c2cccc(N3CCCC3=O)c2)cc1Cl. The highest BCUT2D eigenvalue weighted by atomic mass is 35.5. The molecule has 1 aliphatic heterocycles. The van der Waals surface area contributed by atoms with Crippen LogP contribution in [0.15, 0.2) is 42.5 Å². The van der Waals surface area contributed by atoms with Gasteiger partial charge < -0.3 is 15.0 Å². The van der Waals surface area contributed by atoms with Crippen LogP contribution in [0.1, 0.15) is 28.8 Å². The monoisotopic (exact) mass is 372 g/mol. The highest BCUT2D eigenvalue weighted by Gasteiger charge is 2.22. The number of carbonyl (C=O) groups is 2. The van der Waals surface area contributed by atoms with Gasteiger partial charge in [-0.2, -0.15) is 0 Å². The van der Waals surface area contributed by atoms with Crippen molar-refractivity contribution in [1.82, 2.24) is 5.32 Å². The number of nitrogens with one attached hydrogen (secondary N) is 1. The summed E-state index contributed by atoms with van der Waals surface area (Å²) in [5.74, 6) is 0.584. The second-order valence-corrected chi connectivity index (χ2v) is 6.62. The van der Waals surface area contributed by atoms with E-state index in [0.717, 1.165) is 17.7 Å². The van der Waals surface area contributed by atoms with Gasteiger partial charge in [-0.25, -0.2) is 0 Å². The number of hydrogen-bond acceptors (Lipinski definition) is 3. The Morgan fingerprint density at radius 3 is 2.85 bits per heavy atom. The largest absolute Gasteiger partial charge is 0.492 e. The second-order valence-electron chi connectivity index (χ2n) is 6.21. The summed E-state index contributed by atoms with van der Waals surface area (Å²) in [6.45, 7) is 3.35. The quantitative estimate of drug-likeness (QED) is 0.788. The fourth-order valence-electron chi connectivity index (χ4n) is 2.84. The molecule has 136 valence electrons. The Morgan fingerprint density at radius 1 is 1.27 bits per heavy atom.